The lowest BCUT2D eigenvalue weighted by molar-refractivity contribution is 0.581. The lowest BCUT2D eigenvalue weighted by Crippen LogP contribution is -2.29. The van der Waals surface area contributed by atoms with E-state index in [-0.39, 0.29) is 11.4 Å². The van der Waals surface area contributed by atoms with Crippen LogP contribution in [-0.2, 0) is 10.0 Å². The van der Waals surface area contributed by atoms with Crippen LogP contribution >= 0.6 is 0 Å². The van der Waals surface area contributed by atoms with Crippen molar-refractivity contribution in [3.63, 3.8) is 0 Å². The Morgan fingerprint density at radius 2 is 1.89 bits per heavy atom. The second-order valence-electron chi connectivity index (χ2n) is 6.20. The van der Waals surface area contributed by atoms with E-state index in [9.17, 15) is 8.42 Å². The number of anilines is 1. The second kappa shape index (κ2) is 7.45. The first-order valence-corrected chi connectivity index (χ1v) is 9.89. The van der Waals surface area contributed by atoms with Crippen molar-refractivity contribution < 1.29 is 8.42 Å². The molecule has 0 unspecified atom stereocenters. The number of aryl methyl sites for hydroxylation is 4. The SMILES string of the molecule is Cc1cc(C)n(-c2ccc(NCCNS(=O)(=O)c3c(C)n[nH]c3C)nn2)n1. The minimum absolute atomic E-state index is 0.191. The minimum Gasteiger partial charge on any atom is -0.367 e. The summed E-state index contributed by atoms with van der Waals surface area (Å²) in [4.78, 5) is 0.191. The van der Waals surface area contributed by atoms with Crippen LogP contribution in [0, 0.1) is 27.7 Å². The summed E-state index contributed by atoms with van der Waals surface area (Å²) in [6.45, 7) is 7.75. The summed E-state index contributed by atoms with van der Waals surface area (Å²) in [5, 5.41) is 22.2. The van der Waals surface area contributed by atoms with E-state index in [1.807, 2.05) is 19.9 Å². The monoisotopic (exact) mass is 390 g/mol. The Morgan fingerprint density at radius 1 is 1.11 bits per heavy atom. The molecule has 0 amide bonds. The van der Waals surface area contributed by atoms with Gasteiger partial charge in [-0.1, -0.05) is 0 Å². The highest BCUT2D eigenvalue weighted by Crippen LogP contribution is 2.16. The number of aromatic amines is 1. The molecule has 0 radical (unpaired) electrons. The average Bonchev–Trinajstić information content (AvgIpc) is 3.13. The van der Waals surface area contributed by atoms with Crippen LogP contribution in [0.3, 0.4) is 0 Å². The first-order chi connectivity index (χ1) is 12.8. The molecule has 3 rings (SSSR count). The number of hydrogen-bond acceptors (Lipinski definition) is 7. The second-order valence-corrected chi connectivity index (χ2v) is 7.91. The van der Waals surface area contributed by atoms with Crippen LogP contribution in [0.15, 0.2) is 23.1 Å². The third-order valence-electron chi connectivity index (χ3n) is 3.93. The third kappa shape index (κ3) is 4.14. The molecule has 144 valence electrons. The summed E-state index contributed by atoms with van der Waals surface area (Å²) in [7, 11) is -3.61. The Labute approximate surface area is 157 Å². The van der Waals surface area contributed by atoms with E-state index in [2.05, 4.69) is 35.5 Å². The molecule has 27 heavy (non-hydrogen) atoms. The Balaban J connectivity index is 1.56. The van der Waals surface area contributed by atoms with E-state index < -0.39 is 10.0 Å². The molecule has 0 saturated heterocycles. The molecule has 10 nitrogen and oxygen atoms in total. The molecule has 0 aliphatic heterocycles. The highest BCUT2D eigenvalue weighted by molar-refractivity contribution is 7.89. The van der Waals surface area contributed by atoms with Gasteiger partial charge in [0.25, 0.3) is 0 Å². The maximum atomic E-state index is 12.3. The lowest BCUT2D eigenvalue weighted by Gasteiger charge is -2.09. The van der Waals surface area contributed by atoms with Crippen molar-refractivity contribution in [2.45, 2.75) is 32.6 Å². The quantitative estimate of drug-likeness (QED) is 0.513. The summed E-state index contributed by atoms with van der Waals surface area (Å²) >= 11 is 0. The van der Waals surface area contributed by atoms with Crippen molar-refractivity contribution in [2.24, 2.45) is 0 Å². The molecule has 3 heterocycles. The van der Waals surface area contributed by atoms with Crippen LogP contribution in [0.25, 0.3) is 5.82 Å². The highest BCUT2D eigenvalue weighted by atomic mass is 32.2. The van der Waals surface area contributed by atoms with E-state index in [0.29, 0.717) is 29.6 Å². The maximum Gasteiger partial charge on any atom is 0.244 e. The van der Waals surface area contributed by atoms with Crippen molar-refractivity contribution in [1.29, 1.82) is 0 Å². The van der Waals surface area contributed by atoms with Gasteiger partial charge in [0.2, 0.25) is 10.0 Å². The number of nitrogens with zero attached hydrogens (tertiary/aromatic N) is 5. The molecule has 0 saturated carbocycles. The van der Waals surface area contributed by atoms with Gasteiger partial charge in [-0.05, 0) is 45.9 Å². The normalized spacial score (nSPS) is 11.7. The lowest BCUT2D eigenvalue weighted by atomic mass is 10.4. The van der Waals surface area contributed by atoms with E-state index in [0.717, 1.165) is 11.4 Å². The van der Waals surface area contributed by atoms with Gasteiger partial charge < -0.3 is 5.32 Å². The molecule has 11 heteroatoms. The Hall–Kier alpha value is -2.79. The van der Waals surface area contributed by atoms with Crippen molar-refractivity contribution >= 4 is 15.8 Å². The smallest absolute Gasteiger partial charge is 0.244 e. The molecule has 3 N–H and O–H groups in total. The molecule has 0 atom stereocenters. The number of aromatic nitrogens is 6. The molecular weight excluding hydrogens is 368 g/mol. The maximum absolute atomic E-state index is 12.3. The zero-order valence-corrected chi connectivity index (χ0v) is 16.4. The largest absolute Gasteiger partial charge is 0.367 e. The van der Waals surface area contributed by atoms with Crippen molar-refractivity contribution in [3.05, 3.63) is 41.0 Å². The van der Waals surface area contributed by atoms with Gasteiger partial charge in [-0.15, -0.1) is 10.2 Å². The molecule has 3 aromatic rings. The van der Waals surface area contributed by atoms with Crippen molar-refractivity contribution in [1.82, 2.24) is 34.9 Å². The number of nitrogens with one attached hydrogen (secondary N) is 3. The number of H-pyrrole nitrogens is 1. The van der Waals surface area contributed by atoms with Gasteiger partial charge in [-0.25, -0.2) is 17.8 Å². The predicted octanol–water partition coefficient (Wildman–Crippen LogP) is 1.01. The number of sulfonamides is 1. The Morgan fingerprint density at radius 3 is 2.44 bits per heavy atom. The predicted molar refractivity (Wildman–Crippen MR) is 100 cm³/mol. The molecule has 0 aromatic carbocycles. The van der Waals surface area contributed by atoms with Gasteiger partial charge >= 0.3 is 0 Å². The van der Waals surface area contributed by atoms with Crippen LogP contribution in [0.4, 0.5) is 5.82 Å². The van der Waals surface area contributed by atoms with Gasteiger partial charge in [0.15, 0.2) is 5.82 Å². The number of rotatable bonds is 7. The van der Waals surface area contributed by atoms with Gasteiger partial charge in [-0.2, -0.15) is 10.2 Å². The molecule has 0 fully saturated rings. The average molecular weight is 390 g/mol. The number of hydrogen-bond donors (Lipinski definition) is 3. The summed E-state index contributed by atoms with van der Waals surface area (Å²) in [6, 6.07) is 5.54. The van der Waals surface area contributed by atoms with E-state index in [1.165, 1.54) is 0 Å². The molecule has 0 aliphatic rings. The summed E-state index contributed by atoms with van der Waals surface area (Å²) in [5.41, 5.74) is 2.84. The summed E-state index contributed by atoms with van der Waals surface area (Å²) in [6.07, 6.45) is 0. The zero-order valence-electron chi connectivity index (χ0n) is 15.6. The summed E-state index contributed by atoms with van der Waals surface area (Å²) in [5.74, 6) is 1.17. The fourth-order valence-electron chi connectivity index (χ4n) is 2.78. The van der Waals surface area contributed by atoms with Crippen LogP contribution in [0.1, 0.15) is 22.8 Å². The van der Waals surface area contributed by atoms with Gasteiger partial charge in [0, 0.05) is 18.8 Å². The fraction of sp³-hybridized carbons (Fsp3) is 0.375. The van der Waals surface area contributed by atoms with Gasteiger partial charge in [0.1, 0.15) is 10.7 Å². The van der Waals surface area contributed by atoms with Crippen molar-refractivity contribution in [2.75, 3.05) is 18.4 Å². The standard InChI is InChI=1S/C16H22N8O2S/c1-10-9-11(2)24(23-10)15-6-5-14(21-22-15)17-7-8-18-27(25,26)16-12(3)19-20-13(16)4/h5-6,9,18H,7-8H2,1-4H3,(H,17,21)(H,19,20). The van der Waals surface area contributed by atoms with Crippen LogP contribution < -0.4 is 10.0 Å². The first kappa shape index (κ1) is 19.0. The Kier molecular flexibility index (Phi) is 5.24. The Bertz CT molecular complexity index is 1020. The van der Waals surface area contributed by atoms with E-state index in [4.69, 9.17) is 0 Å². The van der Waals surface area contributed by atoms with E-state index >= 15 is 0 Å². The van der Waals surface area contributed by atoms with Gasteiger partial charge in [0.05, 0.1) is 17.1 Å². The molecular formula is C16H22N8O2S. The first-order valence-electron chi connectivity index (χ1n) is 8.40. The third-order valence-corrected chi connectivity index (χ3v) is 5.65. The van der Waals surface area contributed by atoms with Crippen LogP contribution in [-0.4, -0.2) is 51.7 Å². The van der Waals surface area contributed by atoms with Crippen LogP contribution in [0.5, 0.6) is 0 Å². The van der Waals surface area contributed by atoms with E-state index in [1.54, 1.807) is 30.7 Å². The van der Waals surface area contributed by atoms with Crippen LogP contribution in [0.2, 0.25) is 0 Å². The summed E-state index contributed by atoms with van der Waals surface area (Å²) < 4.78 is 29.0. The molecule has 0 aliphatic carbocycles. The topological polar surface area (TPSA) is 130 Å². The fourth-order valence-corrected chi connectivity index (χ4v) is 4.18. The molecule has 3 aromatic heterocycles. The van der Waals surface area contributed by atoms with Crippen molar-refractivity contribution in [3.8, 4) is 5.82 Å². The highest BCUT2D eigenvalue weighted by Gasteiger charge is 2.21. The zero-order chi connectivity index (χ0) is 19.6. The molecule has 0 spiro atoms. The van der Waals surface area contributed by atoms with Gasteiger partial charge in [-0.3, -0.25) is 5.10 Å². The molecule has 0 bridgehead atoms. The minimum atomic E-state index is -3.61.